The van der Waals surface area contributed by atoms with E-state index in [4.69, 9.17) is 9.47 Å². The standard InChI is InChI=1S/C16H34N2O3/c1-14-7-4-5-9-18(14)10-6-8-17-11-16(19)13-21-15(2)12-20-3/h14-17,19H,4-13H2,1-3H3. The smallest absolute Gasteiger partial charge is 0.0897 e. The molecular weight excluding hydrogens is 268 g/mol. The molecule has 21 heavy (non-hydrogen) atoms. The van der Waals surface area contributed by atoms with Crippen molar-refractivity contribution in [1.29, 1.82) is 0 Å². The van der Waals surface area contributed by atoms with E-state index in [1.54, 1.807) is 7.11 Å². The van der Waals surface area contributed by atoms with Gasteiger partial charge in [0.25, 0.3) is 0 Å². The van der Waals surface area contributed by atoms with Crippen molar-refractivity contribution in [3.63, 3.8) is 0 Å². The van der Waals surface area contributed by atoms with E-state index in [0.717, 1.165) is 25.6 Å². The third-order valence-corrected chi connectivity index (χ3v) is 4.09. The van der Waals surface area contributed by atoms with Gasteiger partial charge in [-0.2, -0.15) is 0 Å². The summed E-state index contributed by atoms with van der Waals surface area (Å²) < 4.78 is 10.5. The zero-order chi connectivity index (χ0) is 15.5. The van der Waals surface area contributed by atoms with Gasteiger partial charge in [0.2, 0.25) is 0 Å². The Morgan fingerprint density at radius 2 is 2.14 bits per heavy atom. The lowest BCUT2D eigenvalue weighted by atomic mass is 10.0. The fourth-order valence-corrected chi connectivity index (χ4v) is 2.78. The first kappa shape index (κ1) is 18.8. The number of likely N-dealkylation sites (tertiary alicyclic amines) is 1. The van der Waals surface area contributed by atoms with Gasteiger partial charge in [-0.3, -0.25) is 0 Å². The van der Waals surface area contributed by atoms with Gasteiger partial charge in [0.1, 0.15) is 0 Å². The van der Waals surface area contributed by atoms with E-state index < -0.39 is 6.10 Å². The molecule has 1 aliphatic rings. The van der Waals surface area contributed by atoms with E-state index >= 15 is 0 Å². The number of nitrogens with one attached hydrogen (secondary N) is 1. The van der Waals surface area contributed by atoms with E-state index in [1.165, 1.54) is 25.8 Å². The number of hydrogen-bond donors (Lipinski definition) is 2. The second-order valence-corrected chi connectivity index (χ2v) is 6.19. The molecule has 0 radical (unpaired) electrons. The Kier molecular flexibility index (Phi) is 10.2. The number of hydrogen-bond acceptors (Lipinski definition) is 5. The van der Waals surface area contributed by atoms with E-state index in [9.17, 15) is 5.11 Å². The topological polar surface area (TPSA) is 54.0 Å². The van der Waals surface area contributed by atoms with E-state index in [1.807, 2.05) is 6.92 Å². The number of ether oxygens (including phenoxy) is 2. The van der Waals surface area contributed by atoms with Crippen LogP contribution >= 0.6 is 0 Å². The largest absolute Gasteiger partial charge is 0.389 e. The summed E-state index contributed by atoms with van der Waals surface area (Å²) in [6.07, 6.45) is 4.78. The monoisotopic (exact) mass is 302 g/mol. The normalized spacial score (nSPS) is 23.1. The fraction of sp³-hybridized carbons (Fsp3) is 1.00. The number of aliphatic hydroxyl groups excluding tert-OH is 1. The van der Waals surface area contributed by atoms with Crippen molar-refractivity contribution < 1.29 is 14.6 Å². The molecule has 0 aromatic heterocycles. The molecule has 1 fully saturated rings. The molecule has 5 heteroatoms. The van der Waals surface area contributed by atoms with Crippen molar-refractivity contribution in [1.82, 2.24) is 10.2 Å². The summed E-state index contributed by atoms with van der Waals surface area (Å²) in [7, 11) is 1.65. The van der Waals surface area contributed by atoms with Crippen LogP contribution in [0.1, 0.15) is 39.5 Å². The van der Waals surface area contributed by atoms with Crippen LogP contribution in [0, 0.1) is 0 Å². The first-order chi connectivity index (χ1) is 10.1. The maximum absolute atomic E-state index is 9.82. The maximum Gasteiger partial charge on any atom is 0.0897 e. The van der Waals surface area contributed by atoms with E-state index in [-0.39, 0.29) is 6.10 Å². The Morgan fingerprint density at radius 1 is 1.33 bits per heavy atom. The molecule has 0 aliphatic carbocycles. The van der Waals surface area contributed by atoms with Crippen LogP contribution in [0.4, 0.5) is 0 Å². The SMILES string of the molecule is COCC(C)OCC(O)CNCCCN1CCCCC1C. The van der Waals surface area contributed by atoms with Crippen molar-refractivity contribution in [2.24, 2.45) is 0 Å². The van der Waals surface area contributed by atoms with Gasteiger partial charge in [-0.25, -0.2) is 0 Å². The van der Waals surface area contributed by atoms with Crippen LogP contribution in [0.2, 0.25) is 0 Å². The lowest BCUT2D eigenvalue weighted by Gasteiger charge is -2.33. The van der Waals surface area contributed by atoms with Crippen LogP contribution in [0.25, 0.3) is 0 Å². The zero-order valence-corrected chi connectivity index (χ0v) is 14.0. The van der Waals surface area contributed by atoms with Crippen molar-refractivity contribution in [2.75, 3.05) is 46.5 Å². The number of nitrogens with zero attached hydrogens (tertiary/aromatic N) is 1. The number of rotatable bonds is 11. The molecule has 1 heterocycles. The molecular formula is C16H34N2O3. The van der Waals surface area contributed by atoms with Crippen molar-refractivity contribution >= 4 is 0 Å². The summed E-state index contributed by atoms with van der Waals surface area (Å²) in [6.45, 7) is 9.15. The van der Waals surface area contributed by atoms with Crippen molar-refractivity contribution in [2.45, 2.75) is 57.8 Å². The number of methoxy groups -OCH3 is 1. The molecule has 1 rings (SSSR count). The minimum atomic E-state index is -0.446. The highest BCUT2D eigenvalue weighted by atomic mass is 16.5. The fourth-order valence-electron chi connectivity index (χ4n) is 2.78. The zero-order valence-electron chi connectivity index (χ0n) is 14.0. The first-order valence-corrected chi connectivity index (χ1v) is 8.36. The highest BCUT2D eigenvalue weighted by Crippen LogP contribution is 2.15. The summed E-state index contributed by atoms with van der Waals surface area (Å²) in [5.41, 5.74) is 0. The average molecular weight is 302 g/mol. The first-order valence-electron chi connectivity index (χ1n) is 8.36. The van der Waals surface area contributed by atoms with Gasteiger partial charge >= 0.3 is 0 Å². The van der Waals surface area contributed by atoms with E-state index in [2.05, 4.69) is 17.1 Å². The van der Waals surface area contributed by atoms with Gasteiger partial charge in [0, 0.05) is 19.7 Å². The Bertz CT molecular complexity index is 254. The van der Waals surface area contributed by atoms with Crippen LogP contribution in [-0.4, -0.2) is 74.8 Å². The minimum absolute atomic E-state index is 0.0326. The molecule has 3 unspecified atom stereocenters. The summed E-state index contributed by atoms with van der Waals surface area (Å²) >= 11 is 0. The lowest BCUT2D eigenvalue weighted by molar-refractivity contribution is -0.0310. The molecule has 0 amide bonds. The molecule has 5 nitrogen and oxygen atoms in total. The molecule has 1 aliphatic heterocycles. The Labute approximate surface area is 130 Å². The maximum atomic E-state index is 9.82. The number of piperidine rings is 1. The summed E-state index contributed by atoms with van der Waals surface area (Å²) in [5, 5.41) is 13.1. The highest BCUT2D eigenvalue weighted by Gasteiger charge is 2.17. The van der Waals surface area contributed by atoms with Gasteiger partial charge in [-0.05, 0) is 52.7 Å². The second kappa shape index (κ2) is 11.4. The summed E-state index contributed by atoms with van der Waals surface area (Å²) in [4.78, 5) is 2.58. The Balaban J connectivity index is 1.95. The molecule has 0 aromatic carbocycles. The predicted molar refractivity (Wildman–Crippen MR) is 85.7 cm³/mol. The second-order valence-electron chi connectivity index (χ2n) is 6.19. The predicted octanol–water partition coefficient (Wildman–Crippen LogP) is 1.25. The molecule has 2 N–H and O–H groups in total. The third-order valence-electron chi connectivity index (χ3n) is 4.09. The van der Waals surface area contributed by atoms with Gasteiger partial charge in [0.15, 0.2) is 0 Å². The van der Waals surface area contributed by atoms with Crippen LogP contribution in [0.5, 0.6) is 0 Å². The van der Waals surface area contributed by atoms with Crippen LogP contribution in [0.3, 0.4) is 0 Å². The highest BCUT2D eigenvalue weighted by molar-refractivity contribution is 4.73. The average Bonchev–Trinajstić information content (AvgIpc) is 2.47. The van der Waals surface area contributed by atoms with Crippen molar-refractivity contribution in [3.8, 4) is 0 Å². The van der Waals surface area contributed by atoms with Gasteiger partial charge in [-0.15, -0.1) is 0 Å². The quantitative estimate of drug-likeness (QED) is 0.563. The van der Waals surface area contributed by atoms with Gasteiger partial charge < -0.3 is 24.8 Å². The Morgan fingerprint density at radius 3 is 2.86 bits per heavy atom. The molecule has 1 saturated heterocycles. The summed E-state index contributed by atoms with van der Waals surface area (Å²) in [6, 6.07) is 0.736. The summed E-state index contributed by atoms with van der Waals surface area (Å²) in [5.74, 6) is 0. The van der Waals surface area contributed by atoms with Crippen LogP contribution < -0.4 is 5.32 Å². The third kappa shape index (κ3) is 8.73. The molecule has 0 bridgehead atoms. The van der Waals surface area contributed by atoms with Gasteiger partial charge in [-0.1, -0.05) is 6.42 Å². The molecule has 126 valence electrons. The Hall–Kier alpha value is -0.200. The van der Waals surface area contributed by atoms with Crippen molar-refractivity contribution in [3.05, 3.63) is 0 Å². The molecule has 0 aromatic rings. The lowest BCUT2D eigenvalue weighted by Crippen LogP contribution is -2.39. The molecule has 0 saturated carbocycles. The van der Waals surface area contributed by atoms with Gasteiger partial charge in [0.05, 0.1) is 25.4 Å². The number of aliphatic hydroxyl groups is 1. The van der Waals surface area contributed by atoms with E-state index in [0.29, 0.717) is 19.8 Å². The van der Waals surface area contributed by atoms with Crippen LogP contribution in [0.15, 0.2) is 0 Å². The molecule has 0 spiro atoms. The molecule has 3 atom stereocenters. The van der Waals surface area contributed by atoms with Crippen LogP contribution in [-0.2, 0) is 9.47 Å². The minimum Gasteiger partial charge on any atom is -0.389 e.